The van der Waals surface area contributed by atoms with E-state index in [0.29, 0.717) is 23.7 Å². The number of methoxy groups -OCH3 is 1. The number of nitrogens with one attached hydrogen (secondary N) is 1. The second-order valence-electron chi connectivity index (χ2n) is 6.79. The van der Waals surface area contributed by atoms with Gasteiger partial charge in [-0.1, -0.05) is 35.9 Å². The molecule has 0 radical (unpaired) electrons. The van der Waals surface area contributed by atoms with Crippen molar-refractivity contribution in [3.05, 3.63) is 93.5 Å². The van der Waals surface area contributed by atoms with Crippen LogP contribution in [0.15, 0.2) is 76.7 Å². The topological polar surface area (TPSA) is 120 Å². The van der Waals surface area contributed by atoms with Crippen LogP contribution in [-0.4, -0.2) is 26.7 Å². The average Bonchev–Trinajstić information content (AvgIpc) is 2.79. The third-order valence-corrected chi connectivity index (χ3v) is 5.65. The van der Waals surface area contributed by atoms with E-state index < -0.39 is 14.9 Å². The Balaban J connectivity index is 1.72. The maximum absolute atomic E-state index is 12.4. The van der Waals surface area contributed by atoms with Crippen LogP contribution in [0.25, 0.3) is 0 Å². The lowest BCUT2D eigenvalue weighted by molar-refractivity contribution is -0.385. The number of benzene rings is 3. The Morgan fingerprint density at radius 2 is 1.81 bits per heavy atom. The molecule has 3 aromatic carbocycles. The largest absolute Gasteiger partial charge is 0.493 e. The molecule has 0 saturated heterocycles. The van der Waals surface area contributed by atoms with Crippen LogP contribution in [0.3, 0.4) is 0 Å². The number of sulfonamides is 1. The minimum atomic E-state index is -4.07. The molecule has 32 heavy (non-hydrogen) atoms. The zero-order valence-corrected chi connectivity index (χ0v) is 18.2. The second kappa shape index (κ2) is 9.92. The molecule has 10 heteroatoms. The maximum atomic E-state index is 12.4. The molecule has 1 N–H and O–H groups in total. The number of non-ortho nitro benzene ring substituents is 1. The fourth-order valence-electron chi connectivity index (χ4n) is 2.72. The zero-order valence-electron chi connectivity index (χ0n) is 17.4. The van der Waals surface area contributed by atoms with Crippen LogP contribution in [0, 0.1) is 17.0 Å². The lowest BCUT2D eigenvalue weighted by atomic mass is 10.1. The van der Waals surface area contributed by atoms with Crippen molar-refractivity contribution in [2.45, 2.75) is 18.4 Å². The molecule has 0 aliphatic rings. The van der Waals surface area contributed by atoms with Gasteiger partial charge in [0.25, 0.3) is 15.7 Å². The van der Waals surface area contributed by atoms with Crippen LogP contribution in [0.2, 0.25) is 0 Å². The van der Waals surface area contributed by atoms with Crippen LogP contribution in [-0.2, 0) is 16.6 Å². The van der Waals surface area contributed by atoms with Crippen molar-refractivity contribution in [3.63, 3.8) is 0 Å². The second-order valence-corrected chi connectivity index (χ2v) is 8.45. The molecule has 0 atom stereocenters. The summed E-state index contributed by atoms with van der Waals surface area (Å²) in [4.78, 5) is 12.0. The summed E-state index contributed by atoms with van der Waals surface area (Å²) in [6.07, 6.45) is 1.30. The number of hydrogen-bond acceptors (Lipinski definition) is 7. The first-order valence-electron chi connectivity index (χ1n) is 9.44. The van der Waals surface area contributed by atoms with Gasteiger partial charge in [-0.05, 0) is 42.3 Å². The van der Waals surface area contributed by atoms with E-state index in [-0.39, 0.29) is 10.6 Å². The normalized spacial score (nSPS) is 11.3. The average molecular weight is 455 g/mol. The van der Waals surface area contributed by atoms with E-state index in [1.54, 1.807) is 18.2 Å². The van der Waals surface area contributed by atoms with Crippen LogP contribution < -0.4 is 14.3 Å². The van der Waals surface area contributed by atoms with Gasteiger partial charge in [0.1, 0.15) is 6.61 Å². The van der Waals surface area contributed by atoms with E-state index in [9.17, 15) is 18.5 Å². The highest BCUT2D eigenvalue weighted by molar-refractivity contribution is 7.89. The van der Waals surface area contributed by atoms with Crippen LogP contribution in [0.5, 0.6) is 11.5 Å². The number of hydrazone groups is 1. The highest BCUT2D eigenvalue weighted by Gasteiger charge is 2.16. The Hall–Kier alpha value is -3.92. The van der Waals surface area contributed by atoms with Gasteiger partial charge in [-0.3, -0.25) is 10.1 Å². The first-order valence-corrected chi connectivity index (χ1v) is 10.9. The van der Waals surface area contributed by atoms with Gasteiger partial charge >= 0.3 is 0 Å². The summed E-state index contributed by atoms with van der Waals surface area (Å²) in [6.45, 7) is 2.33. The van der Waals surface area contributed by atoms with Gasteiger partial charge in [-0.25, -0.2) is 4.83 Å². The molecule has 0 aromatic heterocycles. The summed E-state index contributed by atoms with van der Waals surface area (Å²) < 4.78 is 35.9. The summed E-state index contributed by atoms with van der Waals surface area (Å²) in [7, 11) is -2.54. The van der Waals surface area contributed by atoms with E-state index in [4.69, 9.17) is 9.47 Å². The van der Waals surface area contributed by atoms with Gasteiger partial charge in [0, 0.05) is 12.1 Å². The molecule has 166 valence electrons. The lowest BCUT2D eigenvalue weighted by Crippen LogP contribution is -2.18. The molecule has 0 unspecified atom stereocenters. The monoisotopic (exact) mass is 455 g/mol. The maximum Gasteiger partial charge on any atom is 0.276 e. The molecule has 3 aromatic rings. The number of rotatable bonds is 9. The first-order chi connectivity index (χ1) is 15.3. The highest BCUT2D eigenvalue weighted by Crippen LogP contribution is 2.28. The molecule has 0 aliphatic carbocycles. The molecule has 0 aliphatic heterocycles. The minimum Gasteiger partial charge on any atom is -0.493 e. The summed E-state index contributed by atoms with van der Waals surface area (Å²) in [6, 6.07) is 17.7. The predicted octanol–water partition coefficient (Wildman–Crippen LogP) is 3.80. The predicted molar refractivity (Wildman–Crippen MR) is 120 cm³/mol. The standard InChI is InChI=1S/C22H21N3O6S/c1-16-6-8-17(9-7-16)15-31-22-12-18(10-11-21(22)30-2)14-23-24-32(28,29)20-5-3-4-19(13-20)25(26)27/h3-14,24H,15H2,1-2H3/b23-14+. The summed E-state index contributed by atoms with van der Waals surface area (Å²) >= 11 is 0. The fraction of sp³-hybridized carbons (Fsp3) is 0.136. The Bertz CT molecular complexity index is 1240. The van der Waals surface area contributed by atoms with Crippen molar-refractivity contribution in [2.75, 3.05) is 7.11 Å². The molecule has 0 spiro atoms. The number of nitrogens with zero attached hydrogens (tertiary/aromatic N) is 2. The van der Waals surface area contributed by atoms with Crippen molar-refractivity contribution in [1.29, 1.82) is 0 Å². The first kappa shape index (κ1) is 22.8. The van der Waals surface area contributed by atoms with Gasteiger partial charge in [0.15, 0.2) is 11.5 Å². The van der Waals surface area contributed by atoms with Crippen molar-refractivity contribution in [2.24, 2.45) is 5.10 Å². The van der Waals surface area contributed by atoms with Crippen LogP contribution in [0.1, 0.15) is 16.7 Å². The highest BCUT2D eigenvalue weighted by atomic mass is 32.2. The van der Waals surface area contributed by atoms with E-state index in [0.717, 1.165) is 17.2 Å². The summed E-state index contributed by atoms with van der Waals surface area (Å²) in [5, 5.41) is 14.6. The Morgan fingerprint density at radius 1 is 1.06 bits per heavy atom. The Morgan fingerprint density at radius 3 is 2.50 bits per heavy atom. The smallest absolute Gasteiger partial charge is 0.276 e. The number of aryl methyl sites for hydroxylation is 1. The van der Waals surface area contributed by atoms with Crippen molar-refractivity contribution < 1.29 is 22.8 Å². The Kier molecular flexibility index (Phi) is 7.06. The third-order valence-electron chi connectivity index (χ3n) is 4.43. The molecular weight excluding hydrogens is 434 g/mol. The van der Waals surface area contributed by atoms with Gasteiger partial charge in [0.2, 0.25) is 0 Å². The molecule has 9 nitrogen and oxygen atoms in total. The van der Waals surface area contributed by atoms with E-state index in [2.05, 4.69) is 5.10 Å². The van der Waals surface area contributed by atoms with Crippen LogP contribution in [0.4, 0.5) is 5.69 Å². The number of ether oxygens (including phenoxy) is 2. The zero-order chi connectivity index (χ0) is 23.1. The lowest BCUT2D eigenvalue weighted by Gasteiger charge is -2.11. The van der Waals surface area contributed by atoms with Crippen molar-refractivity contribution in [1.82, 2.24) is 4.83 Å². The number of nitro groups is 1. The fourth-order valence-corrected chi connectivity index (χ4v) is 3.55. The number of hydrogen-bond donors (Lipinski definition) is 1. The molecule has 0 saturated carbocycles. The van der Waals surface area contributed by atoms with Crippen molar-refractivity contribution >= 4 is 21.9 Å². The van der Waals surface area contributed by atoms with Gasteiger partial charge < -0.3 is 9.47 Å². The molecule has 0 amide bonds. The summed E-state index contributed by atoms with van der Waals surface area (Å²) in [5.41, 5.74) is 2.37. The molecule has 3 rings (SSSR count). The molecule has 0 heterocycles. The Labute approximate surface area is 185 Å². The quantitative estimate of drug-likeness (QED) is 0.298. The third kappa shape index (κ3) is 5.82. The molecule has 0 fully saturated rings. The molecular formula is C22H21N3O6S. The van der Waals surface area contributed by atoms with E-state index in [1.165, 1.54) is 31.5 Å². The van der Waals surface area contributed by atoms with Gasteiger partial charge in [-0.15, -0.1) is 0 Å². The minimum absolute atomic E-state index is 0.263. The van der Waals surface area contributed by atoms with E-state index >= 15 is 0 Å². The van der Waals surface area contributed by atoms with Gasteiger partial charge in [-0.2, -0.15) is 13.5 Å². The van der Waals surface area contributed by atoms with Crippen molar-refractivity contribution in [3.8, 4) is 11.5 Å². The van der Waals surface area contributed by atoms with Gasteiger partial charge in [0.05, 0.1) is 23.1 Å². The SMILES string of the molecule is COc1ccc(/C=N/NS(=O)(=O)c2cccc([N+](=O)[O-])c2)cc1OCc1ccc(C)cc1. The number of nitro benzene ring substituents is 1. The summed E-state index contributed by atoms with van der Waals surface area (Å²) in [5.74, 6) is 0.991. The van der Waals surface area contributed by atoms with E-state index in [1.807, 2.05) is 36.0 Å². The van der Waals surface area contributed by atoms with Crippen LogP contribution >= 0.6 is 0 Å². The molecule has 0 bridgehead atoms.